The lowest BCUT2D eigenvalue weighted by Gasteiger charge is -2.27. The third-order valence-electron chi connectivity index (χ3n) is 4.47. The van der Waals surface area contributed by atoms with Gasteiger partial charge in [0.15, 0.2) is 0 Å². The summed E-state index contributed by atoms with van der Waals surface area (Å²) in [7, 11) is 0. The highest BCUT2D eigenvalue weighted by Crippen LogP contribution is 2.20. The van der Waals surface area contributed by atoms with Gasteiger partial charge >= 0.3 is 6.03 Å². The summed E-state index contributed by atoms with van der Waals surface area (Å²) in [4.78, 5) is 16.6. The van der Waals surface area contributed by atoms with Crippen LogP contribution in [-0.2, 0) is 4.74 Å². The molecule has 5 nitrogen and oxygen atoms in total. The third kappa shape index (κ3) is 4.59. The molecule has 132 valence electrons. The van der Waals surface area contributed by atoms with Gasteiger partial charge in [0, 0.05) is 31.3 Å². The Morgan fingerprint density at radius 1 is 1.29 bits per heavy atom. The van der Waals surface area contributed by atoms with E-state index in [9.17, 15) is 9.18 Å². The fourth-order valence-corrected chi connectivity index (χ4v) is 3.39. The molecule has 2 aliphatic heterocycles. The molecule has 0 bridgehead atoms. The highest BCUT2D eigenvalue weighted by atomic mass is 35.5. The Balaban J connectivity index is 1.59. The quantitative estimate of drug-likeness (QED) is 0.905. The van der Waals surface area contributed by atoms with Gasteiger partial charge < -0.3 is 19.9 Å². The second-order valence-corrected chi connectivity index (χ2v) is 6.79. The van der Waals surface area contributed by atoms with Crippen molar-refractivity contribution in [2.45, 2.75) is 25.4 Å². The molecule has 2 saturated heterocycles. The molecule has 2 heterocycles. The topological polar surface area (TPSA) is 44.8 Å². The summed E-state index contributed by atoms with van der Waals surface area (Å²) >= 11 is 5.74. The molecular weight excluding hydrogens is 333 g/mol. The zero-order valence-corrected chi connectivity index (χ0v) is 14.4. The first-order valence-corrected chi connectivity index (χ1v) is 8.84. The molecule has 1 unspecified atom stereocenters. The molecule has 24 heavy (non-hydrogen) atoms. The summed E-state index contributed by atoms with van der Waals surface area (Å²) in [5.41, 5.74) is 0.144. The van der Waals surface area contributed by atoms with Gasteiger partial charge in [0.2, 0.25) is 0 Å². The molecule has 3 rings (SSSR count). The monoisotopic (exact) mass is 355 g/mol. The zero-order chi connectivity index (χ0) is 16.9. The lowest BCUT2D eigenvalue weighted by molar-refractivity contribution is 0.0355. The van der Waals surface area contributed by atoms with Crippen LogP contribution in [0.4, 0.5) is 14.9 Å². The minimum absolute atomic E-state index is 0.00594. The average Bonchev–Trinajstić information content (AvgIpc) is 2.94. The van der Waals surface area contributed by atoms with Gasteiger partial charge in [-0.3, -0.25) is 0 Å². The van der Waals surface area contributed by atoms with Crippen molar-refractivity contribution in [3.8, 4) is 0 Å². The second-order valence-electron chi connectivity index (χ2n) is 6.35. The number of anilines is 1. The van der Waals surface area contributed by atoms with E-state index in [2.05, 4.69) is 10.2 Å². The first-order chi connectivity index (χ1) is 11.6. The van der Waals surface area contributed by atoms with Crippen LogP contribution in [0.1, 0.15) is 19.3 Å². The number of urea groups is 1. The molecule has 0 aromatic heterocycles. The molecule has 0 spiro atoms. The fourth-order valence-electron chi connectivity index (χ4n) is 3.23. The van der Waals surface area contributed by atoms with Gasteiger partial charge in [-0.05, 0) is 50.6 Å². The summed E-state index contributed by atoms with van der Waals surface area (Å²) in [6.45, 7) is 4.83. The van der Waals surface area contributed by atoms with E-state index < -0.39 is 5.82 Å². The van der Waals surface area contributed by atoms with Gasteiger partial charge in [-0.2, -0.15) is 0 Å². The van der Waals surface area contributed by atoms with Crippen molar-refractivity contribution in [1.82, 2.24) is 9.80 Å². The molecule has 2 aliphatic rings. The first-order valence-electron chi connectivity index (χ1n) is 8.47. The Kier molecular flexibility index (Phi) is 5.92. The van der Waals surface area contributed by atoms with E-state index in [1.165, 1.54) is 25.0 Å². The number of rotatable bonds is 3. The van der Waals surface area contributed by atoms with Crippen LogP contribution in [0.5, 0.6) is 0 Å². The average molecular weight is 356 g/mol. The van der Waals surface area contributed by atoms with Crippen LogP contribution < -0.4 is 5.32 Å². The number of benzene rings is 1. The molecule has 1 aromatic carbocycles. The predicted molar refractivity (Wildman–Crippen MR) is 92.0 cm³/mol. The molecule has 7 heteroatoms. The lowest BCUT2D eigenvalue weighted by Crippen LogP contribution is -2.43. The molecule has 1 aromatic rings. The number of nitrogens with zero attached hydrogens (tertiary/aromatic N) is 2. The molecule has 2 fully saturated rings. The molecule has 2 amide bonds. The van der Waals surface area contributed by atoms with Crippen LogP contribution in [0, 0.1) is 5.82 Å². The summed E-state index contributed by atoms with van der Waals surface area (Å²) in [6.07, 6.45) is 3.25. The largest absolute Gasteiger partial charge is 0.375 e. The van der Waals surface area contributed by atoms with Gasteiger partial charge in [-0.15, -0.1) is 0 Å². The van der Waals surface area contributed by atoms with E-state index in [1.54, 1.807) is 11.0 Å². The molecule has 0 aliphatic carbocycles. The summed E-state index contributed by atoms with van der Waals surface area (Å²) in [5, 5.41) is 2.94. The Morgan fingerprint density at radius 3 is 2.83 bits per heavy atom. The summed E-state index contributed by atoms with van der Waals surface area (Å²) in [6, 6.07) is 3.93. The number of carbonyl (C=O) groups excluding carboxylic acids is 1. The molecule has 1 atom stereocenters. The number of nitrogens with one attached hydrogen (secondary N) is 1. The predicted octanol–water partition coefficient (Wildman–Crippen LogP) is 3.20. The maximum Gasteiger partial charge on any atom is 0.322 e. The van der Waals surface area contributed by atoms with Crippen molar-refractivity contribution >= 4 is 23.3 Å². The second kappa shape index (κ2) is 8.14. The van der Waals surface area contributed by atoms with Gasteiger partial charge in [-0.1, -0.05) is 11.6 Å². The maximum atomic E-state index is 13.9. The Hall–Kier alpha value is -1.37. The van der Waals surface area contributed by atoms with Crippen molar-refractivity contribution in [3.63, 3.8) is 0 Å². The number of hydrogen-bond acceptors (Lipinski definition) is 3. The summed E-state index contributed by atoms with van der Waals surface area (Å²) < 4.78 is 19.7. The number of likely N-dealkylation sites (tertiary alicyclic amines) is 1. The van der Waals surface area contributed by atoms with Crippen LogP contribution in [0.25, 0.3) is 0 Å². The van der Waals surface area contributed by atoms with Gasteiger partial charge in [-0.25, -0.2) is 9.18 Å². The van der Waals surface area contributed by atoms with Crippen molar-refractivity contribution < 1.29 is 13.9 Å². The van der Waals surface area contributed by atoms with Gasteiger partial charge in [0.05, 0.1) is 11.8 Å². The van der Waals surface area contributed by atoms with E-state index in [1.807, 2.05) is 0 Å². The normalized spacial score (nSPS) is 22.4. The molecule has 1 N–H and O–H groups in total. The Labute approximate surface area is 146 Å². The number of ether oxygens (including phenoxy) is 1. The van der Waals surface area contributed by atoms with E-state index in [0.29, 0.717) is 24.7 Å². The Morgan fingerprint density at radius 2 is 2.08 bits per heavy atom. The minimum atomic E-state index is -0.532. The van der Waals surface area contributed by atoms with Crippen molar-refractivity contribution in [3.05, 3.63) is 29.0 Å². The standard InChI is InChI=1S/C17H23ClFN3O2/c18-13-4-5-16(15(19)10-13)20-17(23)22-8-3-9-24-14(12-22)11-21-6-1-2-7-21/h4-5,10,14H,1-3,6-9,11-12H2,(H,20,23). The number of hydrogen-bond donors (Lipinski definition) is 1. The van der Waals surface area contributed by atoms with Crippen LogP contribution in [-0.4, -0.2) is 61.3 Å². The lowest BCUT2D eigenvalue weighted by atomic mass is 10.3. The molecular formula is C17H23ClFN3O2. The van der Waals surface area contributed by atoms with Crippen molar-refractivity contribution in [2.24, 2.45) is 0 Å². The maximum absolute atomic E-state index is 13.9. The SMILES string of the molecule is O=C(Nc1ccc(Cl)cc1F)N1CCCOC(CN2CCCC2)C1. The van der Waals surface area contributed by atoms with Gasteiger partial charge in [0.1, 0.15) is 5.82 Å². The third-order valence-corrected chi connectivity index (χ3v) is 4.71. The van der Waals surface area contributed by atoms with Crippen LogP contribution in [0.3, 0.4) is 0 Å². The Bertz CT molecular complexity index is 581. The van der Waals surface area contributed by atoms with E-state index in [4.69, 9.17) is 16.3 Å². The molecule has 0 radical (unpaired) electrons. The van der Waals surface area contributed by atoms with Crippen LogP contribution in [0.15, 0.2) is 18.2 Å². The fraction of sp³-hybridized carbons (Fsp3) is 0.588. The zero-order valence-electron chi connectivity index (χ0n) is 13.6. The highest BCUT2D eigenvalue weighted by Gasteiger charge is 2.25. The number of halogens is 2. The highest BCUT2D eigenvalue weighted by molar-refractivity contribution is 6.30. The van der Waals surface area contributed by atoms with Gasteiger partial charge in [0.25, 0.3) is 0 Å². The van der Waals surface area contributed by atoms with Crippen LogP contribution >= 0.6 is 11.6 Å². The van der Waals surface area contributed by atoms with Crippen molar-refractivity contribution in [1.29, 1.82) is 0 Å². The number of carbonyl (C=O) groups is 1. The minimum Gasteiger partial charge on any atom is -0.375 e. The smallest absolute Gasteiger partial charge is 0.322 e. The molecule has 0 saturated carbocycles. The summed E-state index contributed by atoms with van der Waals surface area (Å²) in [5.74, 6) is -0.532. The van der Waals surface area contributed by atoms with E-state index >= 15 is 0 Å². The van der Waals surface area contributed by atoms with Crippen LogP contribution in [0.2, 0.25) is 5.02 Å². The van der Waals surface area contributed by atoms with E-state index in [0.717, 1.165) is 26.1 Å². The number of amides is 2. The first kappa shape index (κ1) is 17.5. The van der Waals surface area contributed by atoms with E-state index in [-0.39, 0.29) is 17.8 Å². The van der Waals surface area contributed by atoms with Crippen molar-refractivity contribution in [2.75, 3.05) is 44.6 Å².